The van der Waals surface area contributed by atoms with Crippen molar-refractivity contribution in [3.8, 4) is 0 Å². The first-order valence-electron chi connectivity index (χ1n) is 3.81. The zero-order valence-electron chi connectivity index (χ0n) is 7.38. The molecule has 6 heteroatoms. The van der Waals surface area contributed by atoms with Crippen LogP contribution in [0.1, 0.15) is 5.76 Å². The molecule has 0 radical (unpaired) electrons. The zero-order chi connectivity index (χ0) is 10.3. The summed E-state index contributed by atoms with van der Waals surface area (Å²) in [5, 5.41) is 7.48. The normalized spacial score (nSPS) is 10.0. The van der Waals surface area contributed by atoms with Gasteiger partial charge in [0.2, 0.25) is 0 Å². The van der Waals surface area contributed by atoms with Crippen LogP contribution in [0.2, 0.25) is 0 Å². The van der Waals surface area contributed by atoms with Crippen molar-refractivity contribution in [1.29, 1.82) is 5.41 Å². The zero-order valence-corrected chi connectivity index (χ0v) is 9.78. The van der Waals surface area contributed by atoms with Crippen molar-refractivity contribution >= 4 is 45.1 Å². The summed E-state index contributed by atoms with van der Waals surface area (Å²) in [7, 11) is 0. The molecule has 0 aliphatic carbocycles. The van der Waals surface area contributed by atoms with Crippen LogP contribution in [-0.4, -0.2) is 5.84 Å². The molecule has 2 aromatic rings. The molecule has 0 unspecified atom stereocenters. The summed E-state index contributed by atoms with van der Waals surface area (Å²) in [6.45, 7) is 0. The average molecular weight is 294 g/mol. The van der Waals surface area contributed by atoms with Crippen molar-refractivity contribution < 1.29 is 8.81 Å². The van der Waals surface area contributed by atoms with Gasteiger partial charge in [-0.2, -0.15) is 0 Å². The molecular formula is C9H7BrClFN2O. The van der Waals surface area contributed by atoms with Gasteiger partial charge in [-0.15, -0.1) is 12.4 Å². The van der Waals surface area contributed by atoms with E-state index >= 15 is 0 Å². The van der Waals surface area contributed by atoms with Crippen LogP contribution < -0.4 is 5.73 Å². The van der Waals surface area contributed by atoms with Gasteiger partial charge in [0, 0.05) is 0 Å². The van der Waals surface area contributed by atoms with Crippen LogP contribution in [-0.2, 0) is 0 Å². The number of benzene rings is 1. The molecule has 1 aromatic carbocycles. The standard InChI is InChI=1S/C9H6BrFN2O.ClH/c10-5-1-2-6(11)4-3-7(9(12)13)14-8(4)5;/h1-3H,(H3,12,13);1H. The summed E-state index contributed by atoms with van der Waals surface area (Å²) in [4.78, 5) is 0. The van der Waals surface area contributed by atoms with Crippen molar-refractivity contribution in [2.45, 2.75) is 0 Å². The molecule has 1 aromatic heterocycles. The number of nitrogens with two attached hydrogens (primary N) is 1. The van der Waals surface area contributed by atoms with Gasteiger partial charge < -0.3 is 10.2 Å². The summed E-state index contributed by atoms with van der Waals surface area (Å²) >= 11 is 3.22. The molecule has 0 saturated heterocycles. The van der Waals surface area contributed by atoms with E-state index in [4.69, 9.17) is 15.6 Å². The lowest BCUT2D eigenvalue weighted by Gasteiger charge is -1.92. The van der Waals surface area contributed by atoms with Gasteiger partial charge in [0.15, 0.2) is 17.2 Å². The minimum Gasteiger partial charge on any atom is -0.452 e. The Morgan fingerprint density at radius 1 is 1.47 bits per heavy atom. The Hall–Kier alpha value is -1.07. The Morgan fingerprint density at radius 2 is 2.13 bits per heavy atom. The van der Waals surface area contributed by atoms with Crippen molar-refractivity contribution in [2.24, 2.45) is 5.73 Å². The average Bonchev–Trinajstić information content (AvgIpc) is 2.57. The Kier molecular flexibility index (Phi) is 3.36. The third-order valence-corrected chi connectivity index (χ3v) is 2.47. The summed E-state index contributed by atoms with van der Waals surface area (Å²) < 4.78 is 19.1. The van der Waals surface area contributed by atoms with Gasteiger partial charge in [0.05, 0.1) is 9.86 Å². The quantitative estimate of drug-likeness (QED) is 0.627. The fourth-order valence-electron chi connectivity index (χ4n) is 1.19. The van der Waals surface area contributed by atoms with E-state index < -0.39 is 0 Å². The fraction of sp³-hybridized carbons (Fsp3) is 0. The highest BCUT2D eigenvalue weighted by atomic mass is 79.9. The summed E-state index contributed by atoms with van der Waals surface area (Å²) in [5.74, 6) is -0.433. The number of rotatable bonds is 1. The van der Waals surface area contributed by atoms with Crippen LogP contribution >= 0.6 is 28.3 Å². The molecule has 0 bridgehead atoms. The molecule has 3 nitrogen and oxygen atoms in total. The van der Waals surface area contributed by atoms with Crippen molar-refractivity contribution in [3.63, 3.8) is 0 Å². The smallest absolute Gasteiger partial charge is 0.169 e. The monoisotopic (exact) mass is 292 g/mol. The highest BCUT2D eigenvalue weighted by Gasteiger charge is 2.12. The molecule has 1 heterocycles. The second-order valence-corrected chi connectivity index (χ2v) is 3.65. The number of nitrogen functional groups attached to an aromatic ring is 1. The number of fused-ring (bicyclic) bond motifs is 1. The number of amidine groups is 1. The number of furan rings is 1. The highest BCUT2D eigenvalue weighted by Crippen LogP contribution is 2.28. The minimum absolute atomic E-state index is 0. The van der Waals surface area contributed by atoms with Crippen molar-refractivity contribution in [3.05, 3.63) is 34.2 Å². The molecule has 0 saturated carbocycles. The maximum atomic E-state index is 13.3. The van der Waals surface area contributed by atoms with E-state index in [0.29, 0.717) is 15.4 Å². The molecule has 3 N–H and O–H groups in total. The SMILES string of the molecule is Cl.N=C(N)c1cc2c(F)ccc(Br)c2o1. The van der Waals surface area contributed by atoms with Gasteiger partial charge in [-0.3, -0.25) is 5.41 Å². The van der Waals surface area contributed by atoms with Gasteiger partial charge in [-0.05, 0) is 34.1 Å². The first kappa shape index (κ1) is 12.0. The summed E-state index contributed by atoms with van der Waals surface area (Å²) in [6.07, 6.45) is 0. The number of nitrogens with one attached hydrogen (secondary N) is 1. The summed E-state index contributed by atoms with van der Waals surface area (Å²) in [5.41, 5.74) is 5.60. The second-order valence-electron chi connectivity index (χ2n) is 2.80. The lowest BCUT2D eigenvalue weighted by atomic mass is 10.2. The predicted molar refractivity (Wildman–Crippen MR) is 62.1 cm³/mol. The Balaban J connectivity index is 0.00000112. The molecule has 0 aliphatic heterocycles. The Labute approximate surface area is 99.5 Å². The van der Waals surface area contributed by atoms with E-state index in [9.17, 15) is 4.39 Å². The lowest BCUT2D eigenvalue weighted by Crippen LogP contribution is -2.09. The fourth-order valence-corrected chi connectivity index (χ4v) is 1.62. The predicted octanol–water partition coefficient (Wildman–Crippen LogP) is 3.04. The van der Waals surface area contributed by atoms with Crippen LogP contribution in [0.3, 0.4) is 0 Å². The highest BCUT2D eigenvalue weighted by molar-refractivity contribution is 9.10. The third-order valence-electron chi connectivity index (χ3n) is 1.85. The maximum absolute atomic E-state index is 13.3. The largest absolute Gasteiger partial charge is 0.452 e. The van der Waals surface area contributed by atoms with E-state index in [1.54, 1.807) is 6.07 Å². The van der Waals surface area contributed by atoms with E-state index in [1.165, 1.54) is 12.1 Å². The van der Waals surface area contributed by atoms with E-state index in [0.717, 1.165) is 0 Å². The van der Waals surface area contributed by atoms with E-state index in [-0.39, 0.29) is 29.8 Å². The van der Waals surface area contributed by atoms with Gasteiger partial charge >= 0.3 is 0 Å². The van der Waals surface area contributed by atoms with Gasteiger partial charge in [-0.1, -0.05) is 0 Å². The van der Waals surface area contributed by atoms with Crippen molar-refractivity contribution in [1.82, 2.24) is 0 Å². The van der Waals surface area contributed by atoms with Crippen LogP contribution in [0.15, 0.2) is 27.1 Å². The second kappa shape index (κ2) is 4.20. The molecule has 80 valence electrons. The first-order valence-corrected chi connectivity index (χ1v) is 4.61. The first-order chi connectivity index (χ1) is 6.59. The minimum atomic E-state index is -0.389. The number of hydrogen-bond donors (Lipinski definition) is 2. The molecule has 2 rings (SSSR count). The number of halogens is 3. The molecule has 0 spiro atoms. The molecule has 0 fully saturated rings. The van der Waals surface area contributed by atoms with Crippen molar-refractivity contribution in [2.75, 3.05) is 0 Å². The Morgan fingerprint density at radius 3 is 2.67 bits per heavy atom. The molecule has 15 heavy (non-hydrogen) atoms. The molecule has 0 atom stereocenters. The van der Waals surface area contributed by atoms with Gasteiger partial charge in [-0.25, -0.2) is 4.39 Å². The number of hydrogen-bond acceptors (Lipinski definition) is 2. The van der Waals surface area contributed by atoms with Crippen LogP contribution in [0.25, 0.3) is 11.0 Å². The molecule has 0 amide bonds. The third kappa shape index (κ3) is 1.98. The van der Waals surface area contributed by atoms with Crippen LogP contribution in [0, 0.1) is 11.2 Å². The topological polar surface area (TPSA) is 63.0 Å². The lowest BCUT2D eigenvalue weighted by molar-refractivity contribution is 0.597. The van der Waals surface area contributed by atoms with Gasteiger partial charge in [0.25, 0.3) is 0 Å². The maximum Gasteiger partial charge on any atom is 0.169 e. The molecular weight excluding hydrogens is 286 g/mol. The summed E-state index contributed by atoms with van der Waals surface area (Å²) in [6, 6.07) is 4.29. The van der Waals surface area contributed by atoms with E-state index in [1.807, 2.05) is 0 Å². The Bertz CT molecular complexity index is 487. The van der Waals surface area contributed by atoms with Crippen LogP contribution in [0.4, 0.5) is 4.39 Å². The van der Waals surface area contributed by atoms with E-state index in [2.05, 4.69) is 15.9 Å². The molecule has 0 aliphatic rings. The van der Waals surface area contributed by atoms with Crippen LogP contribution in [0.5, 0.6) is 0 Å². The van der Waals surface area contributed by atoms with Gasteiger partial charge in [0.1, 0.15) is 5.82 Å².